The van der Waals surface area contributed by atoms with E-state index >= 15 is 0 Å². The second-order valence-corrected chi connectivity index (χ2v) is 3.40. The molecule has 6 heteroatoms. The number of rotatable bonds is 0. The minimum absolute atomic E-state index is 0.674. The summed E-state index contributed by atoms with van der Waals surface area (Å²) in [6, 6.07) is 0. The van der Waals surface area contributed by atoms with E-state index in [1.807, 2.05) is 0 Å². The largest absolute Gasteiger partial charge is 0.337 e. The molecule has 0 amide bonds. The fourth-order valence-electron chi connectivity index (χ4n) is 0.834. The van der Waals surface area contributed by atoms with E-state index < -0.39 is 0 Å². The molecule has 0 aromatic carbocycles. The molecule has 0 spiro atoms. The van der Waals surface area contributed by atoms with Crippen molar-refractivity contribution >= 4 is 45.8 Å². The van der Waals surface area contributed by atoms with Crippen molar-refractivity contribution in [1.82, 2.24) is 20.2 Å². The SMILES string of the molecule is S=c1[nH]cnc2[nH]nc(I)c12. The Balaban J connectivity index is 3.08. The number of aromatic amines is 2. The van der Waals surface area contributed by atoms with E-state index in [1.54, 1.807) is 6.33 Å². The first kappa shape index (κ1) is 7.17. The van der Waals surface area contributed by atoms with Crippen LogP contribution < -0.4 is 0 Å². The van der Waals surface area contributed by atoms with Gasteiger partial charge in [0.25, 0.3) is 0 Å². The van der Waals surface area contributed by atoms with Crippen LogP contribution in [0.5, 0.6) is 0 Å². The summed E-state index contributed by atoms with van der Waals surface area (Å²) in [5.74, 6) is 0. The predicted octanol–water partition coefficient (Wildman–Crippen LogP) is 1.62. The summed E-state index contributed by atoms with van der Waals surface area (Å²) >= 11 is 7.14. The van der Waals surface area contributed by atoms with E-state index in [-0.39, 0.29) is 0 Å². The van der Waals surface area contributed by atoms with Gasteiger partial charge in [0.05, 0.1) is 11.7 Å². The van der Waals surface area contributed by atoms with Gasteiger partial charge in [0.2, 0.25) is 0 Å². The monoisotopic (exact) mass is 278 g/mol. The number of nitrogens with zero attached hydrogens (tertiary/aromatic N) is 2. The highest BCUT2D eigenvalue weighted by Gasteiger charge is 2.03. The lowest BCUT2D eigenvalue weighted by molar-refractivity contribution is 1.07. The molecule has 2 aromatic heterocycles. The first-order valence-electron chi connectivity index (χ1n) is 2.86. The summed E-state index contributed by atoms with van der Waals surface area (Å²) in [5, 5.41) is 7.63. The predicted molar refractivity (Wildman–Crippen MR) is 51.8 cm³/mol. The maximum Gasteiger partial charge on any atom is 0.161 e. The number of halogens is 1. The zero-order valence-corrected chi connectivity index (χ0v) is 8.23. The maximum absolute atomic E-state index is 5.03. The first-order valence-corrected chi connectivity index (χ1v) is 4.35. The van der Waals surface area contributed by atoms with Gasteiger partial charge in [-0.25, -0.2) is 4.98 Å². The Morgan fingerprint density at radius 2 is 2.36 bits per heavy atom. The van der Waals surface area contributed by atoms with Crippen molar-refractivity contribution in [2.45, 2.75) is 0 Å². The number of H-pyrrole nitrogens is 2. The van der Waals surface area contributed by atoms with Crippen LogP contribution in [-0.2, 0) is 0 Å². The van der Waals surface area contributed by atoms with E-state index in [2.05, 4.69) is 42.8 Å². The fourth-order valence-corrected chi connectivity index (χ4v) is 1.91. The van der Waals surface area contributed by atoms with Crippen LogP contribution in [0, 0.1) is 8.34 Å². The summed E-state index contributed by atoms with van der Waals surface area (Å²) in [6.07, 6.45) is 1.55. The number of aromatic nitrogens is 4. The third kappa shape index (κ3) is 1.06. The lowest BCUT2D eigenvalue weighted by Gasteiger charge is -1.86. The summed E-state index contributed by atoms with van der Waals surface area (Å²) in [4.78, 5) is 6.86. The Bertz CT molecular complexity index is 445. The van der Waals surface area contributed by atoms with Gasteiger partial charge in [-0.15, -0.1) is 0 Å². The van der Waals surface area contributed by atoms with Crippen molar-refractivity contribution in [2.24, 2.45) is 0 Å². The van der Waals surface area contributed by atoms with Gasteiger partial charge in [0, 0.05) is 0 Å². The molecule has 0 saturated heterocycles. The van der Waals surface area contributed by atoms with E-state index in [1.165, 1.54) is 0 Å². The molecule has 2 rings (SSSR count). The molecule has 2 aromatic rings. The third-order valence-electron chi connectivity index (χ3n) is 1.32. The van der Waals surface area contributed by atoms with Crippen LogP contribution in [0.3, 0.4) is 0 Å². The van der Waals surface area contributed by atoms with Gasteiger partial charge in [0.15, 0.2) is 5.65 Å². The second kappa shape index (κ2) is 2.52. The van der Waals surface area contributed by atoms with Crippen LogP contribution in [0.1, 0.15) is 0 Å². The molecule has 4 nitrogen and oxygen atoms in total. The average Bonchev–Trinajstić information content (AvgIpc) is 2.34. The first-order chi connectivity index (χ1) is 5.29. The average molecular weight is 278 g/mol. The highest BCUT2D eigenvalue weighted by molar-refractivity contribution is 14.1. The Labute approximate surface area is 80.6 Å². The van der Waals surface area contributed by atoms with Gasteiger partial charge in [-0.2, -0.15) is 5.10 Å². The van der Waals surface area contributed by atoms with Crippen LogP contribution in [0.25, 0.3) is 11.0 Å². The summed E-state index contributed by atoms with van der Waals surface area (Å²) in [6.45, 7) is 0. The molecule has 56 valence electrons. The van der Waals surface area contributed by atoms with Gasteiger partial charge < -0.3 is 4.98 Å². The van der Waals surface area contributed by atoms with E-state index in [0.29, 0.717) is 4.64 Å². The van der Waals surface area contributed by atoms with Gasteiger partial charge in [-0.3, -0.25) is 5.10 Å². The molecule has 0 atom stereocenters. The highest BCUT2D eigenvalue weighted by Crippen LogP contribution is 2.14. The number of hydrogen-bond acceptors (Lipinski definition) is 3. The topological polar surface area (TPSA) is 57.4 Å². The maximum atomic E-state index is 5.03. The molecule has 0 bridgehead atoms. The Morgan fingerprint density at radius 3 is 3.09 bits per heavy atom. The van der Waals surface area contributed by atoms with Crippen molar-refractivity contribution in [2.75, 3.05) is 0 Å². The van der Waals surface area contributed by atoms with Gasteiger partial charge in [0.1, 0.15) is 8.34 Å². The van der Waals surface area contributed by atoms with Crippen LogP contribution in [-0.4, -0.2) is 20.2 Å². The minimum atomic E-state index is 0.674. The van der Waals surface area contributed by atoms with Crippen molar-refractivity contribution in [3.63, 3.8) is 0 Å². The molecule has 0 fully saturated rings. The quantitative estimate of drug-likeness (QED) is 0.568. The number of fused-ring (bicyclic) bond motifs is 1. The van der Waals surface area contributed by atoms with E-state index in [0.717, 1.165) is 14.7 Å². The molecule has 0 aliphatic rings. The lowest BCUT2D eigenvalue weighted by atomic mass is 10.4. The van der Waals surface area contributed by atoms with E-state index in [9.17, 15) is 0 Å². The van der Waals surface area contributed by atoms with Crippen molar-refractivity contribution in [3.8, 4) is 0 Å². The molecule has 0 radical (unpaired) electrons. The van der Waals surface area contributed by atoms with Crippen molar-refractivity contribution in [1.29, 1.82) is 0 Å². The second-order valence-electron chi connectivity index (χ2n) is 1.97. The zero-order valence-electron chi connectivity index (χ0n) is 5.26. The number of nitrogens with one attached hydrogen (secondary N) is 2. The molecular formula is C5H3IN4S. The van der Waals surface area contributed by atoms with Crippen LogP contribution in [0.2, 0.25) is 0 Å². The van der Waals surface area contributed by atoms with Crippen LogP contribution in [0.15, 0.2) is 6.33 Å². The molecular weight excluding hydrogens is 275 g/mol. The van der Waals surface area contributed by atoms with Crippen LogP contribution in [0.4, 0.5) is 0 Å². The van der Waals surface area contributed by atoms with Crippen molar-refractivity contribution in [3.05, 3.63) is 14.7 Å². The third-order valence-corrected chi connectivity index (χ3v) is 2.42. The van der Waals surface area contributed by atoms with Crippen molar-refractivity contribution < 1.29 is 0 Å². The summed E-state index contributed by atoms with van der Waals surface area (Å²) < 4.78 is 1.53. The van der Waals surface area contributed by atoms with Gasteiger partial charge in [-0.05, 0) is 22.6 Å². The summed E-state index contributed by atoms with van der Waals surface area (Å²) in [7, 11) is 0. The van der Waals surface area contributed by atoms with E-state index in [4.69, 9.17) is 12.2 Å². The molecule has 0 saturated carbocycles. The molecule has 0 aliphatic heterocycles. The summed E-state index contributed by atoms with van der Waals surface area (Å²) in [5.41, 5.74) is 0.734. The van der Waals surface area contributed by atoms with Crippen LogP contribution >= 0.6 is 34.8 Å². The minimum Gasteiger partial charge on any atom is -0.337 e. The Hall–Kier alpha value is -0.500. The zero-order chi connectivity index (χ0) is 7.84. The lowest BCUT2D eigenvalue weighted by Crippen LogP contribution is -1.80. The smallest absolute Gasteiger partial charge is 0.161 e. The highest BCUT2D eigenvalue weighted by atomic mass is 127. The normalized spacial score (nSPS) is 10.6. The fraction of sp³-hybridized carbons (Fsp3) is 0. The van der Waals surface area contributed by atoms with Gasteiger partial charge >= 0.3 is 0 Å². The number of hydrogen-bond donors (Lipinski definition) is 2. The Morgan fingerprint density at radius 1 is 1.55 bits per heavy atom. The molecule has 11 heavy (non-hydrogen) atoms. The van der Waals surface area contributed by atoms with Gasteiger partial charge in [-0.1, -0.05) is 12.2 Å². The standard InChI is InChI=1S/C5H3IN4S/c6-3-2-4(10-9-3)7-1-8-5(2)11/h1H,(H2,7,8,9,10,11). The molecule has 0 unspecified atom stereocenters. The molecule has 2 N–H and O–H groups in total. The Kier molecular flexibility index (Phi) is 1.64. The molecule has 0 aliphatic carbocycles. The molecule has 2 heterocycles.